The normalized spacial score (nSPS) is 10.8. The number of hydrogen-bond acceptors (Lipinski definition) is 4. The Labute approximate surface area is 152 Å². The highest BCUT2D eigenvalue weighted by atomic mass is 35.5. The molecule has 2 heterocycles. The first-order valence-corrected chi connectivity index (χ1v) is 7.97. The van der Waals surface area contributed by atoms with E-state index in [4.69, 9.17) is 39.3 Å². The molecule has 1 amide bonds. The van der Waals surface area contributed by atoms with Crippen LogP contribution in [0.3, 0.4) is 0 Å². The molecule has 0 aliphatic heterocycles. The molecule has 6 nitrogen and oxygen atoms in total. The molecule has 0 saturated heterocycles. The second kappa shape index (κ2) is 6.84. The average molecular weight is 386 g/mol. The van der Waals surface area contributed by atoms with E-state index >= 15 is 0 Å². The maximum Gasteiger partial charge on any atom is 0.278 e. The van der Waals surface area contributed by atoms with Crippen molar-refractivity contribution in [3.8, 4) is 0 Å². The molecule has 3 aromatic rings. The van der Waals surface area contributed by atoms with E-state index in [0.717, 1.165) is 0 Å². The zero-order chi connectivity index (χ0) is 17.3. The number of anilines is 1. The van der Waals surface area contributed by atoms with Gasteiger partial charge < -0.3 is 9.84 Å². The lowest BCUT2D eigenvalue weighted by Crippen LogP contribution is -2.16. The van der Waals surface area contributed by atoms with Gasteiger partial charge in [-0.15, -0.1) is 0 Å². The second-order valence-corrected chi connectivity index (χ2v) is 6.28. The lowest BCUT2D eigenvalue weighted by atomic mass is 10.2. The monoisotopic (exact) mass is 384 g/mol. The van der Waals surface area contributed by atoms with Crippen molar-refractivity contribution >= 4 is 46.4 Å². The Kier molecular flexibility index (Phi) is 4.80. The van der Waals surface area contributed by atoms with Gasteiger partial charge in [-0.1, -0.05) is 40.0 Å². The predicted octanol–water partition coefficient (Wildman–Crippen LogP) is 4.44. The number of carbonyl (C=O) groups excluding carboxylic acids is 1. The molecule has 9 heteroatoms. The number of hydrogen-bond donors (Lipinski definition) is 1. The highest BCUT2D eigenvalue weighted by Crippen LogP contribution is 2.26. The molecule has 0 unspecified atom stereocenters. The van der Waals surface area contributed by atoms with Gasteiger partial charge in [0.1, 0.15) is 5.76 Å². The zero-order valence-electron chi connectivity index (χ0n) is 12.4. The number of carbonyl (C=O) groups is 1. The summed E-state index contributed by atoms with van der Waals surface area (Å²) in [6.07, 6.45) is 3.16. The van der Waals surface area contributed by atoms with Crippen molar-refractivity contribution in [1.82, 2.24) is 14.9 Å². The van der Waals surface area contributed by atoms with Gasteiger partial charge in [0.25, 0.3) is 5.91 Å². The van der Waals surface area contributed by atoms with E-state index in [1.807, 2.05) is 0 Å². The lowest BCUT2D eigenvalue weighted by Gasteiger charge is -2.07. The van der Waals surface area contributed by atoms with Crippen molar-refractivity contribution in [1.29, 1.82) is 0 Å². The van der Waals surface area contributed by atoms with Crippen LogP contribution in [0.15, 0.2) is 35.1 Å². The van der Waals surface area contributed by atoms with Crippen molar-refractivity contribution in [3.05, 3.63) is 62.7 Å². The fourth-order valence-corrected chi connectivity index (χ4v) is 2.73. The topological polar surface area (TPSA) is 73.0 Å². The molecule has 2 aromatic heterocycles. The van der Waals surface area contributed by atoms with Gasteiger partial charge in [0.15, 0.2) is 5.69 Å². The Hall–Kier alpha value is -2.02. The quantitative estimate of drug-likeness (QED) is 0.720. The van der Waals surface area contributed by atoms with Crippen molar-refractivity contribution < 1.29 is 9.32 Å². The Balaban J connectivity index is 1.85. The number of nitrogens with one attached hydrogen (secondary N) is 1. The summed E-state index contributed by atoms with van der Waals surface area (Å²) in [5.74, 6) is 0.0818. The molecular weight excluding hydrogens is 375 g/mol. The highest BCUT2D eigenvalue weighted by Gasteiger charge is 2.21. The SMILES string of the molecule is Cc1onc(C(=O)Nc2ccc(Cl)cc2Cl)c1Cn1cc(Cl)cn1. The van der Waals surface area contributed by atoms with Crippen LogP contribution in [-0.2, 0) is 6.54 Å². The van der Waals surface area contributed by atoms with Crippen LogP contribution in [0.1, 0.15) is 21.8 Å². The zero-order valence-corrected chi connectivity index (χ0v) is 14.7. The summed E-state index contributed by atoms with van der Waals surface area (Å²) in [7, 11) is 0. The number of nitrogens with zero attached hydrogens (tertiary/aromatic N) is 3. The van der Waals surface area contributed by atoms with Crippen LogP contribution in [0.2, 0.25) is 15.1 Å². The summed E-state index contributed by atoms with van der Waals surface area (Å²) in [4.78, 5) is 12.5. The van der Waals surface area contributed by atoms with Crippen LogP contribution < -0.4 is 5.32 Å². The molecule has 1 N–H and O–H groups in total. The molecule has 3 rings (SSSR count). The molecule has 0 aliphatic rings. The van der Waals surface area contributed by atoms with Gasteiger partial charge in [-0.3, -0.25) is 9.48 Å². The standard InChI is InChI=1S/C15H11Cl3N4O2/c1-8-11(7-22-6-10(17)5-19-22)14(21-24-8)15(23)20-13-3-2-9(16)4-12(13)18/h2-6H,7H2,1H3,(H,20,23). The van der Waals surface area contributed by atoms with Crippen molar-refractivity contribution in [2.45, 2.75) is 13.5 Å². The van der Waals surface area contributed by atoms with E-state index in [1.54, 1.807) is 36.0 Å². The van der Waals surface area contributed by atoms with Gasteiger partial charge >= 0.3 is 0 Å². The number of rotatable bonds is 4. The molecular formula is C15H11Cl3N4O2. The summed E-state index contributed by atoms with van der Waals surface area (Å²) in [6.45, 7) is 2.03. The first-order chi connectivity index (χ1) is 11.4. The third kappa shape index (κ3) is 3.56. The number of benzene rings is 1. The van der Waals surface area contributed by atoms with Gasteiger partial charge in [0.2, 0.25) is 0 Å². The smallest absolute Gasteiger partial charge is 0.278 e. The lowest BCUT2D eigenvalue weighted by molar-refractivity contribution is 0.101. The highest BCUT2D eigenvalue weighted by molar-refractivity contribution is 6.36. The fourth-order valence-electron chi connectivity index (χ4n) is 2.11. The molecule has 24 heavy (non-hydrogen) atoms. The van der Waals surface area contributed by atoms with Crippen LogP contribution >= 0.6 is 34.8 Å². The van der Waals surface area contributed by atoms with Crippen LogP contribution in [-0.4, -0.2) is 20.8 Å². The first-order valence-electron chi connectivity index (χ1n) is 6.83. The second-order valence-electron chi connectivity index (χ2n) is 5.00. The van der Waals surface area contributed by atoms with Crippen LogP contribution in [0, 0.1) is 6.92 Å². The Morgan fingerprint density at radius 3 is 2.75 bits per heavy atom. The number of aromatic nitrogens is 3. The number of aryl methyl sites for hydroxylation is 1. The van der Waals surface area contributed by atoms with E-state index < -0.39 is 5.91 Å². The van der Waals surface area contributed by atoms with Crippen molar-refractivity contribution in [2.24, 2.45) is 0 Å². The maximum absolute atomic E-state index is 12.5. The number of halogens is 3. The van der Waals surface area contributed by atoms with Gasteiger partial charge in [-0.2, -0.15) is 5.10 Å². The Morgan fingerprint density at radius 1 is 1.29 bits per heavy atom. The van der Waals surface area contributed by atoms with Gasteiger partial charge in [-0.05, 0) is 25.1 Å². The van der Waals surface area contributed by atoms with E-state index in [-0.39, 0.29) is 5.69 Å². The summed E-state index contributed by atoms with van der Waals surface area (Å²) in [5, 5.41) is 11.9. The summed E-state index contributed by atoms with van der Waals surface area (Å²) >= 11 is 17.8. The van der Waals surface area contributed by atoms with E-state index in [1.165, 1.54) is 6.20 Å². The minimum absolute atomic E-state index is 0.158. The molecule has 0 radical (unpaired) electrons. The predicted molar refractivity (Wildman–Crippen MR) is 92.0 cm³/mol. The third-order valence-electron chi connectivity index (χ3n) is 3.30. The van der Waals surface area contributed by atoms with Gasteiger partial charge in [0, 0.05) is 16.8 Å². The first kappa shape index (κ1) is 16.8. The molecule has 0 bridgehead atoms. The van der Waals surface area contributed by atoms with Gasteiger partial charge in [-0.25, -0.2) is 0 Å². The van der Waals surface area contributed by atoms with Crippen LogP contribution in [0.4, 0.5) is 5.69 Å². The van der Waals surface area contributed by atoms with Crippen molar-refractivity contribution in [3.63, 3.8) is 0 Å². The third-order valence-corrected chi connectivity index (χ3v) is 4.04. The largest absolute Gasteiger partial charge is 0.361 e. The fraction of sp³-hybridized carbons (Fsp3) is 0.133. The van der Waals surface area contributed by atoms with E-state index in [0.29, 0.717) is 38.6 Å². The van der Waals surface area contributed by atoms with Crippen LogP contribution in [0.5, 0.6) is 0 Å². The number of amides is 1. The molecule has 0 saturated carbocycles. The summed E-state index contributed by atoms with van der Waals surface area (Å²) in [6, 6.07) is 4.78. The van der Waals surface area contributed by atoms with E-state index in [9.17, 15) is 4.79 Å². The minimum Gasteiger partial charge on any atom is -0.361 e. The molecule has 0 aliphatic carbocycles. The van der Waals surface area contributed by atoms with Crippen LogP contribution in [0.25, 0.3) is 0 Å². The van der Waals surface area contributed by atoms with E-state index in [2.05, 4.69) is 15.6 Å². The molecule has 0 fully saturated rings. The van der Waals surface area contributed by atoms with Gasteiger partial charge in [0.05, 0.1) is 28.5 Å². The summed E-state index contributed by atoms with van der Waals surface area (Å²) in [5.41, 5.74) is 1.20. The Morgan fingerprint density at radius 2 is 2.08 bits per heavy atom. The maximum atomic E-state index is 12.5. The van der Waals surface area contributed by atoms with Crippen molar-refractivity contribution in [2.75, 3.05) is 5.32 Å². The average Bonchev–Trinajstić information content (AvgIpc) is 3.09. The summed E-state index contributed by atoms with van der Waals surface area (Å²) < 4.78 is 6.74. The molecule has 124 valence electrons. The Bertz CT molecular complexity index is 904. The molecule has 1 aromatic carbocycles. The molecule has 0 spiro atoms. The minimum atomic E-state index is -0.440. The molecule has 0 atom stereocenters.